The predicted octanol–water partition coefficient (Wildman–Crippen LogP) is 6.89. The molecule has 4 nitrogen and oxygen atoms in total. The van der Waals surface area contributed by atoms with Crippen molar-refractivity contribution >= 4 is 22.9 Å². The van der Waals surface area contributed by atoms with Crippen LogP contribution in [0.15, 0.2) is 71.9 Å². The van der Waals surface area contributed by atoms with E-state index in [1.54, 1.807) is 6.21 Å². The Morgan fingerprint density at radius 2 is 1.77 bits per heavy atom. The lowest BCUT2D eigenvalue weighted by Gasteiger charge is -2.15. The van der Waals surface area contributed by atoms with Crippen LogP contribution in [0.5, 0.6) is 0 Å². The summed E-state index contributed by atoms with van der Waals surface area (Å²) >= 11 is 0. The number of carbonyl (C=O) groups excluding carboxylic acids is 1. The summed E-state index contributed by atoms with van der Waals surface area (Å²) in [6.07, 6.45) is 2.17. The third kappa shape index (κ3) is 5.32. The van der Waals surface area contributed by atoms with Gasteiger partial charge in [0.15, 0.2) is 17.4 Å². The van der Waals surface area contributed by atoms with Crippen molar-refractivity contribution in [1.29, 1.82) is 0 Å². The smallest absolute Gasteiger partial charge is 0.165 e. The van der Waals surface area contributed by atoms with Crippen molar-refractivity contribution < 1.29 is 18.4 Å². The molecule has 0 radical (unpaired) electrons. The Morgan fingerprint density at radius 1 is 1.00 bits per heavy atom. The van der Waals surface area contributed by atoms with Gasteiger partial charge in [0.1, 0.15) is 7.11 Å². The van der Waals surface area contributed by atoms with Crippen molar-refractivity contribution in [2.24, 2.45) is 5.16 Å². The number of rotatable bonds is 9. The summed E-state index contributed by atoms with van der Waals surface area (Å²) < 4.78 is 29.2. The van der Waals surface area contributed by atoms with Crippen LogP contribution in [0.1, 0.15) is 58.9 Å². The van der Waals surface area contributed by atoms with Crippen molar-refractivity contribution in [2.45, 2.75) is 39.2 Å². The van der Waals surface area contributed by atoms with E-state index in [9.17, 15) is 13.6 Å². The zero-order valence-electron chi connectivity index (χ0n) is 20.1. The number of aryl methyl sites for hydroxylation is 1. The molecular formula is C29H28F2N2O2. The number of hydrogen-bond acceptors (Lipinski definition) is 3. The molecule has 0 saturated carbocycles. The molecule has 0 aliphatic rings. The van der Waals surface area contributed by atoms with Crippen LogP contribution < -0.4 is 0 Å². The van der Waals surface area contributed by atoms with Gasteiger partial charge in [-0.15, -0.1) is 0 Å². The van der Waals surface area contributed by atoms with Crippen molar-refractivity contribution in [3.63, 3.8) is 0 Å². The Morgan fingerprint density at radius 3 is 2.46 bits per heavy atom. The number of benzene rings is 3. The summed E-state index contributed by atoms with van der Waals surface area (Å²) in [5.74, 6) is -1.72. The molecule has 0 aliphatic heterocycles. The van der Waals surface area contributed by atoms with Crippen LogP contribution in [0.4, 0.5) is 8.78 Å². The maximum atomic E-state index is 13.7. The predicted molar refractivity (Wildman–Crippen MR) is 135 cm³/mol. The lowest BCUT2D eigenvalue weighted by atomic mass is 9.96. The van der Waals surface area contributed by atoms with Crippen LogP contribution >= 0.6 is 0 Å². The molecule has 0 aliphatic carbocycles. The molecule has 0 amide bonds. The molecule has 0 N–H and O–H groups in total. The van der Waals surface area contributed by atoms with E-state index >= 15 is 0 Å². The molecule has 4 rings (SSSR count). The van der Waals surface area contributed by atoms with E-state index in [0.29, 0.717) is 24.1 Å². The lowest BCUT2D eigenvalue weighted by Crippen LogP contribution is -2.11. The first-order chi connectivity index (χ1) is 16.9. The fourth-order valence-electron chi connectivity index (χ4n) is 4.49. The second-order valence-electron chi connectivity index (χ2n) is 8.85. The van der Waals surface area contributed by atoms with Crippen LogP contribution in [0.2, 0.25) is 0 Å². The third-order valence-electron chi connectivity index (χ3n) is 6.07. The standard InChI is InChI=1S/C29H28F2N2O2/c1-19(2)29-28(27(34)14-11-20-10-13-24(30)25(31)15-20)23-12-9-22(17-32-35-3)16-26(23)33(29)18-21-7-5-4-6-8-21/h4-10,12-13,15-17,19H,11,14,18H2,1-3H3/b32-17+. The first-order valence-corrected chi connectivity index (χ1v) is 11.6. The van der Waals surface area contributed by atoms with Gasteiger partial charge in [0.05, 0.1) is 6.21 Å². The molecule has 35 heavy (non-hydrogen) atoms. The number of hydrogen-bond donors (Lipinski definition) is 0. The summed E-state index contributed by atoms with van der Waals surface area (Å²) in [6, 6.07) is 19.8. The highest BCUT2D eigenvalue weighted by Gasteiger charge is 2.24. The maximum Gasteiger partial charge on any atom is 0.165 e. The molecule has 0 atom stereocenters. The van der Waals surface area contributed by atoms with Crippen molar-refractivity contribution in [3.8, 4) is 0 Å². The number of fused-ring (bicyclic) bond motifs is 1. The summed E-state index contributed by atoms with van der Waals surface area (Å²) in [5, 5.41) is 4.75. The number of halogens is 2. The molecule has 4 aromatic rings. The van der Waals surface area contributed by atoms with Crippen LogP contribution in [-0.4, -0.2) is 23.7 Å². The quantitative estimate of drug-likeness (QED) is 0.151. The van der Waals surface area contributed by atoms with E-state index < -0.39 is 11.6 Å². The highest BCUT2D eigenvalue weighted by atomic mass is 19.2. The molecule has 1 aromatic heterocycles. The minimum atomic E-state index is -0.900. The zero-order valence-corrected chi connectivity index (χ0v) is 20.1. The van der Waals surface area contributed by atoms with Gasteiger partial charge in [-0.2, -0.15) is 0 Å². The molecule has 6 heteroatoms. The normalized spacial score (nSPS) is 11.6. The third-order valence-corrected chi connectivity index (χ3v) is 6.07. The fraction of sp³-hybridized carbons (Fsp3) is 0.241. The molecule has 0 spiro atoms. The van der Waals surface area contributed by atoms with Crippen LogP contribution in [0.3, 0.4) is 0 Å². The van der Waals surface area contributed by atoms with Crippen molar-refractivity contribution in [3.05, 3.63) is 106 Å². The topological polar surface area (TPSA) is 43.6 Å². The molecule has 0 unspecified atom stereocenters. The maximum absolute atomic E-state index is 13.7. The Labute approximate surface area is 203 Å². The Bertz CT molecular complexity index is 1370. The van der Waals surface area contributed by atoms with Crippen LogP contribution in [0, 0.1) is 11.6 Å². The van der Waals surface area contributed by atoms with E-state index in [-0.39, 0.29) is 18.1 Å². The van der Waals surface area contributed by atoms with E-state index in [1.807, 2.05) is 36.4 Å². The van der Waals surface area contributed by atoms with Gasteiger partial charge in [-0.25, -0.2) is 8.78 Å². The Kier molecular flexibility index (Phi) is 7.39. The first kappa shape index (κ1) is 24.3. The summed E-state index contributed by atoms with van der Waals surface area (Å²) in [4.78, 5) is 18.4. The highest BCUT2D eigenvalue weighted by Crippen LogP contribution is 2.34. The molecule has 1 heterocycles. The number of nitrogens with zero attached hydrogens (tertiary/aromatic N) is 2. The molecule has 180 valence electrons. The van der Waals surface area contributed by atoms with Gasteiger partial charge in [-0.1, -0.05) is 67.5 Å². The first-order valence-electron chi connectivity index (χ1n) is 11.6. The number of ketones is 1. The minimum Gasteiger partial charge on any atom is -0.399 e. The van der Waals surface area contributed by atoms with E-state index in [1.165, 1.54) is 13.2 Å². The number of carbonyl (C=O) groups is 1. The number of oxime groups is 1. The summed E-state index contributed by atoms with van der Waals surface area (Å²) in [7, 11) is 1.49. The van der Waals surface area contributed by atoms with Crippen molar-refractivity contribution in [1.82, 2.24) is 4.57 Å². The second-order valence-corrected chi connectivity index (χ2v) is 8.85. The van der Waals surface area contributed by atoms with Gasteiger partial charge in [-0.05, 0) is 47.2 Å². The SMILES string of the molecule is CO/N=C/c1ccc2c(C(=O)CCc3ccc(F)c(F)c3)c(C(C)C)n(Cc3ccccc3)c2c1. The molecule has 0 fully saturated rings. The monoisotopic (exact) mass is 474 g/mol. The van der Waals surface area contributed by atoms with Gasteiger partial charge in [0, 0.05) is 35.1 Å². The summed E-state index contributed by atoms with van der Waals surface area (Å²) in [5.41, 5.74) is 5.16. The van der Waals surface area contributed by atoms with Gasteiger partial charge in [0.25, 0.3) is 0 Å². The average Bonchev–Trinajstić information content (AvgIpc) is 3.17. The lowest BCUT2D eigenvalue weighted by molar-refractivity contribution is 0.0983. The molecule has 3 aromatic carbocycles. The highest BCUT2D eigenvalue weighted by molar-refractivity contribution is 6.10. The fourth-order valence-corrected chi connectivity index (χ4v) is 4.49. The van der Waals surface area contributed by atoms with Gasteiger partial charge < -0.3 is 9.40 Å². The summed E-state index contributed by atoms with van der Waals surface area (Å²) in [6.45, 7) is 4.77. The van der Waals surface area contributed by atoms with E-state index in [4.69, 9.17) is 4.84 Å². The minimum absolute atomic E-state index is 0.0199. The second kappa shape index (κ2) is 10.6. The zero-order chi connectivity index (χ0) is 24.9. The van der Waals surface area contributed by atoms with Crippen LogP contribution in [0.25, 0.3) is 10.9 Å². The van der Waals surface area contributed by atoms with Crippen LogP contribution in [-0.2, 0) is 17.8 Å². The Balaban J connectivity index is 1.79. The van der Waals surface area contributed by atoms with Gasteiger partial charge in [0.2, 0.25) is 0 Å². The number of aromatic nitrogens is 1. The average molecular weight is 475 g/mol. The Hall–Kier alpha value is -3.80. The largest absolute Gasteiger partial charge is 0.399 e. The number of Topliss-reactive ketones (excluding diaryl/α,β-unsaturated/α-hetero) is 1. The van der Waals surface area contributed by atoms with E-state index in [2.05, 4.69) is 35.7 Å². The van der Waals surface area contributed by atoms with E-state index in [0.717, 1.165) is 39.9 Å². The van der Waals surface area contributed by atoms with Crippen molar-refractivity contribution in [2.75, 3.05) is 7.11 Å². The van der Waals surface area contributed by atoms with Gasteiger partial charge in [-0.3, -0.25) is 4.79 Å². The molecule has 0 saturated heterocycles. The molecular weight excluding hydrogens is 446 g/mol. The molecule has 0 bridgehead atoms. The van der Waals surface area contributed by atoms with Gasteiger partial charge >= 0.3 is 0 Å².